The number of fused-ring (bicyclic) bond motifs is 4. The first-order chi connectivity index (χ1) is 23.8. The second-order valence-electron chi connectivity index (χ2n) is 14.7. The number of hydrogen-bond acceptors (Lipinski definition) is 8. The summed E-state index contributed by atoms with van der Waals surface area (Å²) in [4.78, 5) is 18.2. The standard InChI is InChI=1S/C40H49ClN2O6/c1-26(25-48-35-10-17-42-34-9-4-3-8-32(34)35)20-28-21-27-22-36-37(49-31(11-18-44)12-19-47-36)24-33(27)39(28)13-15-40(16-14-39,38(45)46-2)43-30-7-5-6-29(41)23-30/h5-7,10,17,22-24,26,28,31,43-44H,3-4,8-9,11-16,18-21,25H2,1-2H3/t26-,28?,31?,39?,40?/m1/s1. The molecule has 8 nitrogen and oxygen atoms in total. The van der Waals surface area contributed by atoms with E-state index in [1.54, 1.807) is 0 Å². The van der Waals surface area contributed by atoms with Gasteiger partial charge in [-0.05, 0) is 129 Å². The van der Waals surface area contributed by atoms with E-state index in [9.17, 15) is 9.90 Å². The zero-order valence-electron chi connectivity index (χ0n) is 28.8. The molecule has 3 aliphatic carbocycles. The third kappa shape index (κ3) is 6.83. The molecule has 7 rings (SSSR count). The number of aromatic nitrogens is 1. The summed E-state index contributed by atoms with van der Waals surface area (Å²) < 4.78 is 24.7. The molecular formula is C40H49ClN2O6. The Balaban J connectivity index is 1.17. The molecular weight excluding hydrogens is 640 g/mol. The number of aliphatic hydroxyl groups is 1. The number of nitrogens with one attached hydrogen (secondary N) is 1. The van der Waals surface area contributed by atoms with Gasteiger partial charge in [-0.15, -0.1) is 0 Å². The Morgan fingerprint density at radius 3 is 2.76 bits per heavy atom. The molecule has 49 heavy (non-hydrogen) atoms. The number of benzene rings is 2. The van der Waals surface area contributed by atoms with Crippen LogP contribution in [0.5, 0.6) is 17.2 Å². The number of aryl methyl sites for hydroxylation is 1. The van der Waals surface area contributed by atoms with Gasteiger partial charge in [-0.3, -0.25) is 4.98 Å². The number of carbonyl (C=O) groups is 1. The molecule has 0 bridgehead atoms. The maximum absolute atomic E-state index is 13.5. The topological polar surface area (TPSA) is 99.1 Å². The molecule has 1 saturated carbocycles. The van der Waals surface area contributed by atoms with E-state index in [1.165, 1.54) is 42.3 Å². The third-order valence-corrected chi connectivity index (χ3v) is 11.8. The van der Waals surface area contributed by atoms with Gasteiger partial charge in [0.1, 0.15) is 17.4 Å². The molecule has 3 aromatic rings. The lowest BCUT2D eigenvalue weighted by Gasteiger charge is -2.47. The predicted octanol–water partition coefficient (Wildman–Crippen LogP) is 7.64. The zero-order valence-corrected chi connectivity index (χ0v) is 29.5. The lowest BCUT2D eigenvalue weighted by atomic mass is 9.59. The molecule has 262 valence electrons. The maximum Gasteiger partial charge on any atom is 0.331 e. The van der Waals surface area contributed by atoms with Crippen LogP contribution in [0.1, 0.15) is 87.1 Å². The second kappa shape index (κ2) is 14.4. The molecule has 0 amide bonds. The van der Waals surface area contributed by atoms with E-state index in [0.29, 0.717) is 49.3 Å². The average Bonchev–Trinajstić information content (AvgIpc) is 3.23. The summed E-state index contributed by atoms with van der Waals surface area (Å²) in [5, 5.41) is 13.8. The minimum Gasteiger partial charge on any atom is -0.493 e. The molecule has 1 aliphatic heterocycles. The van der Waals surface area contributed by atoms with Crippen molar-refractivity contribution in [3.05, 3.63) is 76.1 Å². The second-order valence-corrected chi connectivity index (χ2v) is 15.1. The summed E-state index contributed by atoms with van der Waals surface area (Å²) >= 11 is 6.34. The number of pyridine rings is 1. The normalized spacial score (nSPS) is 26.3. The molecule has 3 atom stereocenters. The molecule has 2 unspecified atom stereocenters. The molecule has 2 heterocycles. The SMILES string of the molecule is COC(=O)C1(Nc2cccc(Cl)c2)CCC2(CC1)c1cc3c(cc1CC2C[C@@H](C)COc1ccnc2c1CCCC2)OCCC(CCO)O3. The molecule has 9 heteroatoms. The maximum atomic E-state index is 13.5. The number of halogens is 1. The fourth-order valence-corrected chi connectivity index (χ4v) is 9.24. The van der Waals surface area contributed by atoms with Crippen molar-refractivity contribution in [1.82, 2.24) is 4.98 Å². The minimum atomic E-state index is -0.856. The summed E-state index contributed by atoms with van der Waals surface area (Å²) in [6.07, 6.45) is 12.4. The van der Waals surface area contributed by atoms with Crippen molar-refractivity contribution in [2.45, 2.75) is 101 Å². The largest absolute Gasteiger partial charge is 0.493 e. The van der Waals surface area contributed by atoms with Crippen LogP contribution in [0.15, 0.2) is 48.7 Å². The number of aliphatic hydroxyl groups excluding tert-OH is 1. The van der Waals surface area contributed by atoms with E-state index in [2.05, 4.69) is 29.4 Å². The number of carbonyl (C=O) groups excluding carboxylic acids is 1. The van der Waals surface area contributed by atoms with E-state index < -0.39 is 5.54 Å². The molecule has 2 aromatic carbocycles. The van der Waals surface area contributed by atoms with Gasteiger partial charge < -0.3 is 29.4 Å². The quantitative estimate of drug-likeness (QED) is 0.210. The first kappa shape index (κ1) is 34.0. The van der Waals surface area contributed by atoms with Crippen LogP contribution in [0.3, 0.4) is 0 Å². The van der Waals surface area contributed by atoms with Gasteiger partial charge in [0.25, 0.3) is 0 Å². The highest BCUT2D eigenvalue weighted by Crippen LogP contribution is 2.58. The number of anilines is 1. The highest BCUT2D eigenvalue weighted by atomic mass is 35.5. The van der Waals surface area contributed by atoms with Crippen molar-refractivity contribution < 1.29 is 28.8 Å². The van der Waals surface area contributed by atoms with E-state index in [1.807, 2.05) is 36.5 Å². The highest BCUT2D eigenvalue weighted by Gasteiger charge is 2.55. The summed E-state index contributed by atoms with van der Waals surface area (Å²) in [6.45, 7) is 3.59. The minimum absolute atomic E-state index is 0.0778. The number of methoxy groups -OCH3 is 1. The van der Waals surface area contributed by atoms with E-state index in [4.69, 9.17) is 30.5 Å². The van der Waals surface area contributed by atoms with Crippen LogP contribution >= 0.6 is 11.6 Å². The Morgan fingerprint density at radius 2 is 1.96 bits per heavy atom. The summed E-state index contributed by atoms with van der Waals surface area (Å²) in [6, 6.07) is 14.0. The van der Waals surface area contributed by atoms with Gasteiger partial charge in [0.2, 0.25) is 0 Å². The van der Waals surface area contributed by atoms with Crippen LogP contribution in [-0.2, 0) is 34.2 Å². The fraction of sp³-hybridized carbons (Fsp3) is 0.550. The Labute approximate surface area is 294 Å². The van der Waals surface area contributed by atoms with Crippen molar-refractivity contribution in [1.29, 1.82) is 0 Å². The average molecular weight is 689 g/mol. The first-order valence-corrected chi connectivity index (χ1v) is 18.5. The highest BCUT2D eigenvalue weighted by molar-refractivity contribution is 6.30. The van der Waals surface area contributed by atoms with Gasteiger partial charge in [-0.25, -0.2) is 4.79 Å². The van der Waals surface area contributed by atoms with Gasteiger partial charge in [-0.1, -0.05) is 24.6 Å². The molecule has 1 spiro atoms. The van der Waals surface area contributed by atoms with Gasteiger partial charge in [0.05, 0.1) is 20.3 Å². The van der Waals surface area contributed by atoms with Crippen molar-refractivity contribution in [2.75, 3.05) is 32.2 Å². The van der Waals surface area contributed by atoms with E-state index >= 15 is 0 Å². The summed E-state index contributed by atoms with van der Waals surface area (Å²) in [7, 11) is 1.47. The Kier molecular flexibility index (Phi) is 9.98. The Morgan fingerprint density at radius 1 is 1.12 bits per heavy atom. The molecule has 0 saturated heterocycles. The number of rotatable bonds is 10. The predicted molar refractivity (Wildman–Crippen MR) is 190 cm³/mol. The first-order valence-electron chi connectivity index (χ1n) is 18.1. The van der Waals surface area contributed by atoms with E-state index in [-0.39, 0.29) is 24.1 Å². The van der Waals surface area contributed by atoms with E-state index in [0.717, 1.165) is 67.9 Å². The third-order valence-electron chi connectivity index (χ3n) is 11.6. The summed E-state index contributed by atoms with van der Waals surface area (Å²) in [5.74, 6) is 2.97. The zero-order chi connectivity index (χ0) is 34.0. The van der Waals surface area contributed by atoms with Crippen molar-refractivity contribution >= 4 is 23.3 Å². The fourth-order valence-electron chi connectivity index (χ4n) is 9.05. The summed E-state index contributed by atoms with van der Waals surface area (Å²) in [5.41, 5.74) is 4.89. The van der Waals surface area contributed by atoms with Gasteiger partial charge in [0.15, 0.2) is 11.5 Å². The number of esters is 1. The van der Waals surface area contributed by atoms with Gasteiger partial charge in [0, 0.05) is 47.6 Å². The monoisotopic (exact) mass is 688 g/mol. The molecule has 1 fully saturated rings. The number of ether oxygens (including phenoxy) is 4. The van der Waals surface area contributed by atoms with Gasteiger partial charge >= 0.3 is 5.97 Å². The van der Waals surface area contributed by atoms with Gasteiger partial charge in [-0.2, -0.15) is 0 Å². The van der Waals surface area contributed by atoms with Crippen LogP contribution < -0.4 is 19.5 Å². The van der Waals surface area contributed by atoms with Crippen LogP contribution in [-0.4, -0.2) is 54.6 Å². The van der Waals surface area contributed by atoms with Crippen LogP contribution in [0.25, 0.3) is 0 Å². The number of nitrogens with zero attached hydrogens (tertiary/aromatic N) is 1. The van der Waals surface area contributed by atoms with Crippen molar-refractivity contribution in [3.63, 3.8) is 0 Å². The number of hydrogen-bond donors (Lipinski definition) is 2. The molecule has 0 radical (unpaired) electrons. The van der Waals surface area contributed by atoms with Crippen LogP contribution in [0, 0.1) is 11.8 Å². The van der Waals surface area contributed by atoms with Crippen molar-refractivity contribution in [2.24, 2.45) is 11.8 Å². The molecule has 4 aliphatic rings. The molecule has 2 N–H and O–H groups in total. The lowest BCUT2D eigenvalue weighted by Crippen LogP contribution is -2.53. The Hall–Kier alpha value is -3.49. The van der Waals surface area contributed by atoms with Crippen LogP contribution in [0.2, 0.25) is 5.02 Å². The Bertz CT molecular complexity index is 1650. The molecule has 1 aromatic heterocycles. The lowest BCUT2D eigenvalue weighted by molar-refractivity contribution is -0.148. The smallest absolute Gasteiger partial charge is 0.331 e. The van der Waals surface area contributed by atoms with Crippen molar-refractivity contribution in [3.8, 4) is 17.2 Å². The van der Waals surface area contributed by atoms with Crippen LogP contribution in [0.4, 0.5) is 5.69 Å².